The van der Waals surface area contributed by atoms with E-state index in [0.717, 1.165) is 10.6 Å². The smallest absolute Gasteiger partial charge is 0.255 e. The monoisotopic (exact) mass is 317 g/mol. The fourth-order valence-electron chi connectivity index (χ4n) is 2.03. The van der Waals surface area contributed by atoms with E-state index >= 15 is 0 Å². The molecule has 1 amide bonds. The van der Waals surface area contributed by atoms with Gasteiger partial charge in [0, 0.05) is 10.5 Å². The molecule has 2 rings (SSSR count). The van der Waals surface area contributed by atoms with Crippen molar-refractivity contribution in [3.8, 4) is 11.5 Å². The van der Waals surface area contributed by atoms with Crippen molar-refractivity contribution in [3.63, 3.8) is 0 Å². The van der Waals surface area contributed by atoms with E-state index in [1.807, 2.05) is 37.4 Å². The van der Waals surface area contributed by atoms with Crippen LogP contribution in [0.15, 0.2) is 47.4 Å². The molecule has 2 aromatic rings. The van der Waals surface area contributed by atoms with Crippen LogP contribution < -0.4 is 14.8 Å². The van der Waals surface area contributed by atoms with Crippen LogP contribution >= 0.6 is 11.8 Å². The predicted octanol–water partition coefficient (Wildman–Crippen LogP) is 4.07. The number of para-hydroxylation sites is 1. The minimum Gasteiger partial charge on any atom is -0.493 e. The number of benzene rings is 2. The SMILES string of the molecule is CCOc1cc(C(=O)Nc2ccccc2SC)ccc1OC. The van der Waals surface area contributed by atoms with E-state index in [1.165, 1.54) is 0 Å². The molecule has 4 nitrogen and oxygen atoms in total. The lowest BCUT2D eigenvalue weighted by Gasteiger charge is -2.12. The molecule has 0 radical (unpaired) electrons. The number of methoxy groups -OCH3 is 1. The lowest BCUT2D eigenvalue weighted by molar-refractivity contribution is 0.102. The fraction of sp³-hybridized carbons (Fsp3) is 0.235. The second kappa shape index (κ2) is 7.75. The number of nitrogens with one attached hydrogen (secondary N) is 1. The highest BCUT2D eigenvalue weighted by molar-refractivity contribution is 7.98. The zero-order valence-electron chi connectivity index (χ0n) is 12.9. The van der Waals surface area contributed by atoms with Crippen LogP contribution in [0.25, 0.3) is 0 Å². The molecule has 116 valence electrons. The van der Waals surface area contributed by atoms with Crippen molar-refractivity contribution in [2.24, 2.45) is 0 Å². The molecule has 0 aliphatic carbocycles. The highest BCUT2D eigenvalue weighted by Crippen LogP contribution is 2.29. The van der Waals surface area contributed by atoms with Crippen molar-refractivity contribution >= 4 is 23.4 Å². The van der Waals surface area contributed by atoms with Crippen LogP contribution in [0.4, 0.5) is 5.69 Å². The molecule has 0 aliphatic heterocycles. The van der Waals surface area contributed by atoms with Gasteiger partial charge in [0.05, 0.1) is 19.4 Å². The average Bonchev–Trinajstić information content (AvgIpc) is 2.55. The molecule has 5 heteroatoms. The van der Waals surface area contributed by atoms with Crippen LogP contribution in [0.1, 0.15) is 17.3 Å². The Bertz CT molecular complexity index is 658. The lowest BCUT2D eigenvalue weighted by atomic mass is 10.2. The molecule has 0 saturated carbocycles. The molecule has 0 heterocycles. The Kier molecular flexibility index (Phi) is 5.72. The molecule has 0 aliphatic rings. The third-order valence-electron chi connectivity index (χ3n) is 3.08. The number of amides is 1. The lowest BCUT2D eigenvalue weighted by Crippen LogP contribution is -2.12. The topological polar surface area (TPSA) is 47.6 Å². The van der Waals surface area contributed by atoms with Crippen molar-refractivity contribution in [2.75, 3.05) is 25.3 Å². The van der Waals surface area contributed by atoms with Crippen LogP contribution in [0.5, 0.6) is 11.5 Å². The van der Waals surface area contributed by atoms with Crippen molar-refractivity contribution < 1.29 is 14.3 Å². The van der Waals surface area contributed by atoms with Gasteiger partial charge in [-0.05, 0) is 43.5 Å². The molecule has 22 heavy (non-hydrogen) atoms. The Balaban J connectivity index is 2.24. The standard InChI is InChI=1S/C17H19NO3S/c1-4-21-15-11-12(9-10-14(15)20-2)17(19)18-13-7-5-6-8-16(13)22-3/h5-11H,4H2,1-3H3,(H,18,19). The Morgan fingerprint density at radius 2 is 1.95 bits per heavy atom. The maximum atomic E-state index is 12.4. The maximum absolute atomic E-state index is 12.4. The zero-order valence-corrected chi connectivity index (χ0v) is 13.7. The second-order valence-electron chi connectivity index (χ2n) is 4.45. The van der Waals surface area contributed by atoms with Gasteiger partial charge in [0.15, 0.2) is 11.5 Å². The normalized spacial score (nSPS) is 10.1. The summed E-state index contributed by atoms with van der Waals surface area (Å²) < 4.78 is 10.7. The van der Waals surface area contributed by atoms with E-state index in [1.54, 1.807) is 37.1 Å². The quantitative estimate of drug-likeness (QED) is 0.816. The first-order valence-electron chi connectivity index (χ1n) is 6.94. The summed E-state index contributed by atoms with van der Waals surface area (Å²) in [5.41, 5.74) is 1.33. The first kappa shape index (κ1) is 16.2. The highest BCUT2D eigenvalue weighted by atomic mass is 32.2. The van der Waals surface area contributed by atoms with E-state index in [2.05, 4.69) is 5.32 Å². The number of anilines is 1. The molecule has 1 N–H and O–H groups in total. The second-order valence-corrected chi connectivity index (χ2v) is 5.30. The number of hydrogen-bond acceptors (Lipinski definition) is 4. The van der Waals surface area contributed by atoms with Gasteiger partial charge in [0.25, 0.3) is 5.91 Å². The predicted molar refractivity (Wildman–Crippen MR) is 90.3 cm³/mol. The van der Waals surface area contributed by atoms with Crippen molar-refractivity contribution in [1.29, 1.82) is 0 Å². The third-order valence-corrected chi connectivity index (χ3v) is 3.88. The molecule has 0 unspecified atom stereocenters. The number of hydrogen-bond donors (Lipinski definition) is 1. The van der Waals surface area contributed by atoms with Gasteiger partial charge in [-0.2, -0.15) is 0 Å². The molecular weight excluding hydrogens is 298 g/mol. The molecular formula is C17H19NO3S. The maximum Gasteiger partial charge on any atom is 0.255 e. The molecule has 0 spiro atoms. The van der Waals surface area contributed by atoms with Crippen molar-refractivity contribution in [1.82, 2.24) is 0 Å². The summed E-state index contributed by atoms with van der Waals surface area (Å²) in [6.45, 7) is 2.40. The van der Waals surface area contributed by atoms with Gasteiger partial charge >= 0.3 is 0 Å². The summed E-state index contributed by atoms with van der Waals surface area (Å²) in [5, 5.41) is 2.93. The molecule has 0 aromatic heterocycles. The summed E-state index contributed by atoms with van der Waals surface area (Å²) in [7, 11) is 1.58. The molecule has 2 aromatic carbocycles. The van der Waals surface area contributed by atoms with Gasteiger partial charge in [-0.15, -0.1) is 11.8 Å². The van der Waals surface area contributed by atoms with Gasteiger partial charge in [-0.1, -0.05) is 12.1 Å². The van der Waals surface area contributed by atoms with Crippen molar-refractivity contribution in [3.05, 3.63) is 48.0 Å². The van der Waals surface area contributed by atoms with Crippen LogP contribution in [0.3, 0.4) is 0 Å². The number of carbonyl (C=O) groups excluding carboxylic acids is 1. The van der Waals surface area contributed by atoms with Gasteiger partial charge in [0.2, 0.25) is 0 Å². The first-order valence-corrected chi connectivity index (χ1v) is 8.17. The summed E-state index contributed by atoms with van der Waals surface area (Å²) in [5.74, 6) is 1.00. The molecule has 0 saturated heterocycles. The number of rotatable bonds is 6. The minimum atomic E-state index is -0.176. The van der Waals surface area contributed by atoms with Crippen LogP contribution in [-0.4, -0.2) is 25.9 Å². The van der Waals surface area contributed by atoms with E-state index in [9.17, 15) is 4.79 Å². The fourth-order valence-corrected chi connectivity index (χ4v) is 2.58. The molecule has 0 atom stereocenters. The Morgan fingerprint density at radius 3 is 2.64 bits per heavy atom. The molecule has 0 fully saturated rings. The van der Waals surface area contributed by atoms with E-state index in [4.69, 9.17) is 9.47 Å². The van der Waals surface area contributed by atoms with Crippen molar-refractivity contribution in [2.45, 2.75) is 11.8 Å². The van der Waals surface area contributed by atoms with E-state index in [-0.39, 0.29) is 5.91 Å². The summed E-state index contributed by atoms with van der Waals surface area (Å²) >= 11 is 1.59. The van der Waals surface area contributed by atoms with Crippen LogP contribution in [-0.2, 0) is 0 Å². The zero-order chi connectivity index (χ0) is 15.9. The first-order chi connectivity index (χ1) is 10.7. The minimum absolute atomic E-state index is 0.176. The van der Waals surface area contributed by atoms with Gasteiger partial charge in [-0.3, -0.25) is 4.79 Å². The molecule has 0 bridgehead atoms. The third kappa shape index (κ3) is 3.74. The van der Waals surface area contributed by atoms with E-state index in [0.29, 0.717) is 23.7 Å². The number of carbonyl (C=O) groups is 1. The largest absolute Gasteiger partial charge is 0.493 e. The summed E-state index contributed by atoms with van der Waals surface area (Å²) in [6, 6.07) is 12.9. The highest BCUT2D eigenvalue weighted by Gasteiger charge is 2.12. The summed E-state index contributed by atoms with van der Waals surface area (Å²) in [6.07, 6.45) is 1.98. The van der Waals surface area contributed by atoms with Crippen LogP contribution in [0, 0.1) is 0 Å². The average molecular weight is 317 g/mol. The van der Waals surface area contributed by atoms with Gasteiger partial charge in [0.1, 0.15) is 0 Å². The Hall–Kier alpha value is -2.14. The van der Waals surface area contributed by atoms with Crippen LogP contribution in [0.2, 0.25) is 0 Å². The van der Waals surface area contributed by atoms with Gasteiger partial charge in [-0.25, -0.2) is 0 Å². The number of thioether (sulfide) groups is 1. The number of ether oxygens (including phenoxy) is 2. The Morgan fingerprint density at radius 1 is 1.18 bits per heavy atom. The van der Waals surface area contributed by atoms with E-state index < -0.39 is 0 Å². The Labute approximate surface area is 134 Å². The summed E-state index contributed by atoms with van der Waals surface area (Å²) in [4.78, 5) is 13.4. The van der Waals surface area contributed by atoms with Gasteiger partial charge < -0.3 is 14.8 Å².